The van der Waals surface area contributed by atoms with E-state index in [-0.39, 0.29) is 17.9 Å². The fraction of sp³-hybridized carbons (Fsp3) is 0.522. The van der Waals surface area contributed by atoms with Gasteiger partial charge in [-0.15, -0.1) is 0 Å². The van der Waals surface area contributed by atoms with Crippen molar-refractivity contribution in [3.05, 3.63) is 35.6 Å². The molecule has 2 amide bonds. The number of esters is 1. The summed E-state index contributed by atoms with van der Waals surface area (Å²) in [4.78, 5) is 33.3. The number of carbonyl (C=O) groups is 3. The zero-order chi connectivity index (χ0) is 23.2. The Morgan fingerprint density at radius 1 is 1.00 bits per heavy atom. The monoisotopic (exact) mass is 434 g/mol. The summed E-state index contributed by atoms with van der Waals surface area (Å²) in [6.45, 7) is 6.08. The molecule has 172 valence electrons. The molecule has 1 heterocycles. The average molecular weight is 435 g/mol. The molecular weight excluding hydrogens is 400 g/mol. The Kier molecular flexibility index (Phi) is 11.8. The van der Waals surface area contributed by atoms with Gasteiger partial charge in [-0.05, 0) is 31.4 Å². The third-order valence-corrected chi connectivity index (χ3v) is 4.64. The lowest BCUT2D eigenvalue weighted by Gasteiger charge is -2.15. The number of methoxy groups -OCH3 is 2. The summed E-state index contributed by atoms with van der Waals surface area (Å²) in [5.41, 5.74) is 0.639. The molecule has 0 spiro atoms. The zero-order valence-corrected chi connectivity index (χ0v) is 19.1. The molecule has 1 aromatic rings. The highest BCUT2D eigenvalue weighted by atomic mass is 16.5. The number of ether oxygens (including phenoxy) is 3. The number of benzene rings is 1. The first-order valence-corrected chi connectivity index (χ1v) is 10.6. The lowest BCUT2D eigenvalue weighted by Crippen LogP contribution is -2.19. The maximum absolute atomic E-state index is 11.1. The molecule has 31 heavy (non-hydrogen) atoms. The fourth-order valence-corrected chi connectivity index (χ4v) is 2.90. The molecular formula is C23H34N2O6. The second kappa shape index (κ2) is 14.1. The molecule has 0 radical (unpaired) electrons. The van der Waals surface area contributed by atoms with E-state index in [1.165, 1.54) is 33.5 Å². The molecule has 1 aliphatic heterocycles. The zero-order valence-electron chi connectivity index (χ0n) is 19.1. The third-order valence-electron chi connectivity index (χ3n) is 4.64. The summed E-state index contributed by atoms with van der Waals surface area (Å²) in [6, 6.07) is 7.14. The van der Waals surface area contributed by atoms with Gasteiger partial charge in [0.25, 0.3) is 0 Å². The number of hydrogen-bond acceptors (Lipinski definition) is 6. The van der Waals surface area contributed by atoms with Crippen LogP contribution in [0.5, 0.6) is 5.75 Å². The van der Waals surface area contributed by atoms with Gasteiger partial charge in [-0.1, -0.05) is 45.7 Å². The first kappa shape index (κ1) is 26.0. The Morgan fingerprint density at radius 3 is 2.16 bits per heavy atom. The van der Waals surface area contributed by atoms with Gasteiger partial charge in [-0.25, -0.2) is 0 Å². The van der Waals surface area contributed by atoms with E-state index in [2.05, 4.69) is 24.5 Å². The Morgan fingerprint density at radius 2 is 1.65 bits per heavy atom. The van der Waals surface area contributed by atoms with Crippen molar-refractivity contribution in [2.75, 3.05) is 14.2 Å². The summed E-state index contributed by atoms with van der Waals surface area (Å²) < 4.78 is 15.7. The highest BCUT2D eigenvalue weighted by molar-refractivity contribution is 6.38. The Bertz CT molecular complexity index is 757. The predicted molar refractivity (Wildman–Crippen MR) is 118 cm³/mol. The van der Waals surface area contributed by atoms with Crippen LogP contribution >= 0.6 is 0 Å². The van der Waals surface area contributed by atoms with Crippen molar-refractivity contribution >= 4 is 23.5 Å². The standard InChI is InChI=1S/C12H12N2O4.C11H22O2/c1-17-8-6-4-3-5-7(8)9(18-2)10-13-11(15)12(16)14-10;1-4-7-8-9-10(5-2)13-11(12)6-3/h3-6H,1-2H3,(H,13,15)(H,14,16);10H,4-9H2,1-3H3. The molecule has 2 rings (SSSR count). The van der Waals surface area contributed by atoms with E-state index in [1.54, 1.807) is 18.2 Å². The summed E-state index contributed by atoms with van der Waals surface area (Å²) in [5, 5.41) is 4.81. The smallest absolute Gasteiger partial charge is 0.315 e. The molecule has 0 aromatic heterocycles. The van der Waals surface area contributed by atoms with Gasteiger partial charge in [0.1, 0.15) is 11.9 Å². The highest BCUT2D eigenvalue weighted by Gasteiger charge is 2.28. The minimum absolute atomic E-state index is 0.0663. The second-order valence-corrected chi connectivity index (χ2v) is 6.89. The summed E-state index contributed by atoms with van der Waals surface area (Å²) >= 11 is 0. The van der Waals surface area contributed by atoms with Crippen molar-refractivity contribution in [3.63, 3.8) is 0 Å². The maximum atomic E-state index is 11.1. The van der Waals surface area contributed by atoms with E-state index in [1.807, 2.05) is 13.0 Å². The van der Waals surface area contributed by atoms with E-state index in [4.69, 9.17) is 14.2 Å². The largest absolute Gasteiger partial charge is 0.496 e. The summed E-state index contributed by atoms with van der Waals surface area (Å²) in [7, 11) is 2.98. The van der Waals surface area contributed by atoms with Crippen molar-refractivity contribution < 1.29 is 28.6 Å². The lowest BCUT2D eigenvalue weighted by atomic mass is 10.1. The average Bonchev–Trinajstić information content (AvgIpc) is 3.12. The van der Waals surface area contributed by atoms with Gasteiger partial charge in [0, 0.05) is 6.42 Å². The maximum Gasteiger partial charge on any atom is 0.315 e. The van der Waals surface area contributed by atoms with Crippen molar-refractivity contribution in [1.29, 1.82) is 0 Å². The number of rotatable bonds is 10. The van der Waals surface area contributed by atoms with Crippen LogP contribution in [0, 0.1) is 0 Å². The number of hydrogen-bond donors (Lipinski definition) is 2. The van der Waals surface area contributed by atoms with Crippen LogP contribution in [0.2, 0.25) is 0 Å². The minimum atomic E-state index is -0.713. The lowest BCUT2D eigenvalue weighted by molar-refractivity contribution is -0.149. The summed E-state index contributed by atoms with van der Waals surface area (Å²) in [5.74, 6) is -0.354. The Balaban J connectivity index is 0.000000330. The van der Waals surface area contributed by atoms with Crippen molar-refractivity contribution in [2.24, 2.45) is 0 Å². The van der Waals surface area contributed by atoms with Gasteiger partial charge in [0.2, 0.25) is 0 Å². The van der Waals surface area contributed by atoms with Gasteiger partial charge in [0.05, 0.1) is 19.8 Å². The van der Waals surface area contributed by atoms with Crippen LogP contribution in [0.25, 0.3) is 5.76 Å². The Labute approximate surface area is 184 Å². The van der Waals surface area contributed by atoms with Crippen LogP contribution < -0.4 is 15.4 Å². The van der Waals surface area contributed by atoms with Crippen LogP contribution in [0.4, 0.5) is 0 Å². The first-order valence-electron chi connectivity index (χ1n) is 10.6. The van der Waals surface area contributed by atoms with Crippen LogP contribution in [0.15, 0.2) is 30.1 Å². The van der Waals surface area contributed by atoms with E-state index in [0.29, 0.717) is 23.5 Å². The number of carbonyl (C=O) groups excluding carboxylic acids is 3. The molecule has 2 N–H and O–H groups in total. The number of para-hydroxylation sites is 1. The fourth-order valence-electron chi connectivity index (χ4n) is 2.90. The molecule has 1 atom stereocenters. The molecule has 1 fully saturated rings. The van der Waals surface area contributed by atoms with Crippen LogP contribution in [-0.2, 0) is 23.9 Å². The molecule has 1 unspecified atom stereocenters. The van der Waals surface area contributed by atoms with Crippen molar-refractivity contribution in [2.45, 2.75) is 65.4 Å². The van der Waals surface area contributed by atoms with E-state index in [9.17, 15) is 14.4 Å². The minimum Gasteiger partial charge on any atom is -0.496 e. The number of amides is 2. The topological polar surface area (TPSA) is 103 Å². The van der Waals surface area contributed by atoms with E-state index in [0.717, 1.165) is 12.8 Å². The van der Waals surface area contributed by atoms with Gasteiger partial charge >= 0.3 is 17.8 Å². The van der Waals surface area contributed by atoms with Gasteiger partial charge in [0.15, 0.2) is 11.6 Å². The van der Waals surface area contributed by atoms with Crippen molar-refractivity contribution in [3.8, 4) is 5.75 Å². The third kappa shape index (κ3) is 8.32. The molecule has 0 bridgehead atoms. The van der Waals surface area contributed by atoms with Gasteiger partial charge in [-0.3, -0.25) is 14.4 Å². The van der Waals surface area contributed by atoms with Gasteiger partial charge < -0.3 is 24.8 Å². The molecule has 1 aromatic carbocycles. The van der Waals surface area contributed by atoms with Crippen LogP contribution in [-0.4, -0.2) is 38.1 Å². The van der Waals surface area contributed by atoms with Gasteiger partial charge in [-0.2, -0.15) is 0 Å². The van der Waals surface area contributed by atoms with Crippen LogP contribution in [0.3, 0.4) is 0 Å². The van der Waals surface area contributed by atoms with Crippen molar-refractivity contribution in [1.82, 2.24) is 10.6 Å². The quantitative estimate of drug-likeness (QED) is 0.253. The van der Waals surface area contributed by atoms with E-state index < -0.39 is 11.8 Å². The molecule has 1 saturated heterocycles. The molecule has 8 heteroatoms. The van der Waals surface area contributed by atoms with Crippen LogP contribution in [0.1, 0.15) is 64.9 Å². The molecule has 1 aliphatic rings. The predicted octanol–water partition coefficient (Wildman–Crippen LogP) is 3.51. The SMILES string of the molecule is CCCCCC(CC)OC(=O)CC.COC(=C1NC(=O)C(=O)N1)c1ccccc1OC. The molecule has 0 aliphatic carbocycles. The first-order chi connectivity index (χ1) is 14.9. The second-order valence-electron chi connectivity index (χ2n) is 6.89. The molecule has 0 saturated carbocycles. The number of nitrogens with one attached hydrogen (secondary N) is 2. The normalized spacial score (nSPS) is 13.4. The van der Waals surface area contributed by atoms with E-state index >= 15 is 0 Å². The number of unbranched alkanes of at least 4 members (excludes halogenated alkanes) is 2. The summed E-state index contributed by atoms with van der Waals surface area (Å²) in [6.07, 6.45) is 6.24. The Hall–Kier alpha value is -3.03. The molecule has 8 nitrogen and oxygen atoms in total. The highest BCUT2D eigenvalue weighted by Crippen LogP contribution is 2.27.